The number of aliphatic hydroxyl groups excluding tert-OH is 1. The van der Waals surface area contributed by atoms with Gasteiger partial charge >= 0.3 is 6.03 Å². The van der Waals surface area contributed by atoms with Crippen LogP contribution in [0.4, 0.5) is 10.5 Å². The Balaban J connectivity index is 2.46. The molecule has 4 nitrogen and oxygen atoms in total. The first-order chi connectivity index (χ1) is 6.59. The van der Waals surface area contributed by atoms with E-state index < -0.39 is 6.23 Å². The van der Waals surface area contributed by atoms with Gasteiger partial charge in [0, 0.05) is 0 Å². The van der Waals surface area contributed by atoms with Gasteiger partial charge in [-0.2, -0.15) is 0 Å². The third-order valence-corrected chi connectivity index (χ3v) is 3.28. The van der Waals surface area contributed by atoms with Gasteiger partial charge in [-0.05, 0) is 16.9 Å². The van der Waals surface area contributed by atoms with E-state index in [0.717, 1.165) is 16.1 Å². The van der Waals surface area contributed by atoms with Crippen molar-refractivity contribution in [2.75, 3.05) is 5.32 Å². The molecule has 1 atom stereocenters. The van der Waals surface area contributed by atoms with Crippen LogP contribution in [-0.2, 0) is 0 Å². The molecule has 0 bridgehead atoms. The van der Waals surface area contributed by atoms with Crippen LogP contribution in [0.3, 0.4) is 0 Å². The highest BCUT2D eigenvalue weighted by Gasteiger charge is 2.26. The number of rotatable bonds is 1. The van der Waals surface area contributed by atoms with Crippen LogP contribution in [0.2, 0.25) is 0 Å². The zero-order valence-corrected chi connectivity index (χ0v) is 8.81. The molecule has 1 aromatic rings. The Morgan fingerprint density at radius 1 is 1.57 bits per heavy atom. The number of carbonyl (C=O) groups excluding carboxylic acids is 1. The first-order valence-corrected chi connectivity index (χ1v) is 5.34. The second-order valence-corrected chi connectivity index (χ2v) is 4.50. The smallest absolute Gasteiger partial charge is 0.321 e. The zero-order chi connectivity index (χ0) is 10.3. The minimum Gasteiger partial charge on any atom is -0.368 e. The van der Waals surface area contributed by atoms with E-state index in [0.29, 0.717) is 5.92 Å². The van der Waals surface area contributed by atoms with Crippen LogP contribution in [0.5, 0.6) is 0 Å². The third-order valence-electron chi connectivity index (χ3n) is 2.22. The van der Waals surface area contributed by atoms with Crippen molar-refractivity contribution >= 4 is 23.1 Å². The number of amides is 2. The van der Waals surface area contributed by atoms with E-state index in [1.54, 1.807) is 0 Å². The molecule has 0 saturated heterocycles. The zero-order valence-electron chi connectivity index (χ0n) is 8.00. The summed E-state index contributed by atoms with van der Waals surface area (Å²) in [6.07, 6.45) is -0.865. The number of urea groups is 1. The summed E-state index contributed by atoms with van der Waals surface area (Å²) in [5.74, 6) is 0.348. The fraction of sp³-hybridized carbons (Fsp3) is 0.444. The Bertz CT molecular complexity index is 359. The van der Waals surface area contributed by atoms with Gasteiger partial charge in [0.1, 0.15) is 0 Å². The van der Waals surface area contributed by atoms with E-state index >= 15 is 0 Å². The van der Waals surface area contributed by atoms with E-state index in [1.807, 2.05) is 5.38 Å². The number of carbonyl (C=O) groups is 1. The molecular formula is C9H12N2O2S. The quantitative estimate of drug-likeness (QED) is 0.666. The maximum atomic E-state index is 11.1. The lowest BCUT2D eigenvalue weighted by Gasteiger charge is -2.21. The van der Waals surface area contributed by atoms with Crippen LogP contribution >= 0.6 is 11.3 Å². The Morgan fingerprint density at radius 3 is 2.93 bits per heavy atom. The summed E-state index contributed by atoms with van der Waals surface area (Å²) in [6, 6.07) is -0.342. The molecule has 3 N–H and O–H groups in total. The molecule has 0 fully saturated rings. The molecule has 0 saturated carbocycles. The van der Waals surface area contributed by atoms with Crippen molar-refractivity contribution in [1.82, 2.24) is 5.32 Å². The predicted octanol–water partition coefficient (Wildman–Crippen LogP) is 2.00. The number of thiophene rings is 1. The summed E-state index contributed by atoms with van der Waals surface area (Å²) in [4.78, 5) is 11.9. The first kappa shape index (κ1) is 9.48. The van der Waals surface area contributed by atoms with Crippen molar-refractivity contribution in [3.8, 4) is 0 Å². The van der Waals surface area contributed by atoms with Crippen molar-refractivity contribution < 1.29 is 9.90 Å². The van der Waals surface area contributed by atoms with Crippen molar-refractivity contribution in [1.29, 1.82) is 0 Å². The Labute approximate surface area is 85.9 Å². The monoisotopic (exact) mass is 212 g/mol. The number of aliphatic hydroxyl groups is 1. The van der Waals surface area contributed by atoms with Crippen LogP contribution in [0.25, 0.3) is 0 Å². The van der Waals surface area contributed by atoms with E-state index in [1.165, 1.54) is 11.3 Å². The molecule has 0 radical (unpaired) electrons. The second kappa shape index (κ2) is 3.25. The van der Waals surface area contributed by atoms with E-state index in [-0.39, 0.29) is 6.03 Å². The molecule has 1 unspecified atom stereocenters. The second-order valence-electron chi connectivity index (χ2n) is 3.59. The van der Waals surface area contributed by atoms with Gasteiger partial charge in [0.2, 0.25) is 0 Å². The summed E-state index contributed by atoms with van der Waals surface area (Å²) >= 11 is 1.46. The lowest BCUT2D eigenvalue weighted by atomic mass is 10.0. The number of anilines is 1. The number of hydrogen-bond acceptors (Lipinski definition) is 3. The third kappa shape index (κ3) is 1.38. The Morgan fingerprint density at radius 2 is 2.29 bits per heavy atom. The van der Waals surface area contributed by atoms with Gasteiger partial charge in [0.15, 0.2) is 6.23 Å². The molecule has 0 aromatic carbocycles. The first-order valence-electron chi connectivity index (χ1n) is 4.46. The summed E-state index contributed by atoms with van der Waals surface area (Å²) in [5, 5.41) is 16.7. The molecule has 2 amide bonds. The summed E-state index contributed by atoms with van der Waals surface area (Å²) in [6.45, 7) is 4.12. The lowest BCUT2D eigenvalue weighted by Crippen LogP contribution is -2.37. The highest BCUT2D eigenvalue weighted by Crippen LogP contribution is 2.38. The van der Waals surface area contributed by atoms with Gasteiger partial charge in [-0.1, -0.05) is 13.8 Å². The molecule has 0 aliphatic carbocycles. The summed E-state index contributed by atoms with van der Waals surface area (Å²) in [7, 11) is 0. The average Bonchev–Trinajstić information content (AvgIpc) is 2.47. The maximum Gasteiger partial charge on any atom is 0.321 e. The molecule has 2 heterocycles. The van der Waals surface area contributed by atoms with Gasteiger partial charge in [-0.15, -0.1) is 11.3 Å². The minimum absolute atomic E-state index is 0.342. The molecule has 1 aliphatic rings. The van der Waals surface area contributed by atoms with Gasteiger partial charge in [-0.25, -0.2) is 4.79 Å². The normalized spacial score (nSPS) is 20.3. The fourth-order valence-electron chi connectivity index (χ4n) is 1.49. The van der Waals surface area contributed by atoms with Gasteiger partial charge in [0.05, 0.1) is 10.6 Å². The largest absolute Gasteiger partial charge is 0.368 e. The number of hydrogen-bond donors (Lipinski definition) is 3. The van der Waals surface area contributed by atoms with Crippen LogP contribution in [0, 0.1) is 0 Å². The molecule has 1 aliphatic heterocycles. The maximum absolute atomic E-state index is 11.1. The lowest BCUT2D eigenvalue weighted by molar-refractivity contribution is 0.147. The van der Waals surface area contributed by atoms with Crippen LogP contribution in [-0.4, -0.2) is 11.1 Å². The Kier molecular flexibility index (Phi) is 2.20. The molecule has 76 valence electrons. The predicted molar refractivity (Wildman–Crippen MR) is 55.5 cm³/mol. The van der Waals surface area contributed by atoms with Crippen molar-refractivity contribution in [3.05, 3.63) is 15.8 Å². The molecule has 2 rings (SSSR count). The number of nitrogens with one attached hydrogen (secondary N) is 2. The van der Waals surface area contributed by atoms with E-state index in [9.17, 15) is 9.90 Å². The SMILES string of the molecule is CC(C)c1csc2c1NC(=O)NC2O. The highest BCUT2D eigenvalue weighted by atomic mass is 32.1. The molecule has 14 heavy (non-hydrogen) atoms. The van der Waals surface area contributed by atoms with Gasteiger partial charge in [-0.3, -0.25) is 0 Å². The number of fused-ring (bicyclic) bond motifs is 1. The van der Waals surface area contributed by atoms with Crippen LogP contribution in [0.15, 0.2) is 5.38 Å². The molecule has 5 heteroatoms. The molecular weight excluding hydrogens is 200 g/mol. The van der Waals surface area contributed by atoms with Crippen LogP contribution in [0.1, 0.15) is 36.4 Å². The Hall–Kier alpha value is -1.07. The summed E-state index contributed by atoms with van der Waals surface area (Å²) < 4.78 is 0. The van der Waals surface area contributed by atoms with Crippen molar-refractivity contribution in [3.63, 3.8) is 0 Å². The van der Waals surface area contributed by atoms with E-state index in [4.69, 9.17) is 0 Å². The van der Waals surface area contributed by atoms with Crippen molar-refractivity contribution in [2.45, 2.75) is 26.0 Å². The van der Waals surface area contributed by atoms with Crippen molar-refractivity contribution in [2.24, 2.45) is 0 Å². The van der Waals surface area contributed by atoms with Crippen LogP contribution < -0.4 is 10.6 Å². The molecule has 1 aromatic heterocycles. The average molecular weight is 212 g/mol. The highest BCUT2D eigenvalue weighted by molar-refractivity contribution is 7.10. The fourth-order valence-corrected chi connectivity index (χ4v) is 2.60. The van der Waals surface area contributed by atoms with Gasteiger partial charge in [0.25, 0.3) is 0 Å². The summed E-state index contributed by atoms with van der Waals surface area (Å²) in [5.41, 5.74) is 1.86. The minimum atomic E-state index is -0.865. The standard InChI is InChI=1S/C9H12N2O2S/c1-4(2)5-3-14-7-6(5)10-9(13)11-8(7)12/h3-4,8,12H,1-2H3,(H2,10,11,13). The van der Waals surface area contributed by atoms with Gasteiger partial charge < -0.3 is 15.7 Å². The molecule has 0 spiro atoms. The van der Waals surface area contributed by atoms with E-state index in [2.05, 4.69) is 24.5 Å². The topological polar surface area (TPSA) is 61.4 Å².